The van der Waals surface area contributed by atoms with E-state index < -0.39 is 0 Å². The second-order valence-corrected chi connectivity index (χ2v) is 6.72. The maximum Gasteiger partial charge on any atom is 0.252 e. The Morgan fingerprint density at radius 1 is 0.926 bits per heavy atom. The predicted octanol–water partition coefficient (Wildman–Crippen LogP) is 2.13. The topological polar surface area (TPSA) is 74.3 Å². The number of amides is 2. The van der Waals surface area contributed by atoms with Crippen molar-refractivity contribution in [1.29, 1.82) is 0 Å². The van der Waals surface area contributed by atoms with Crippen LogP contribution in [0.1, 0.15) is 39.1 Å². The van der Waals surface area contributed by atoms with E-state index in [1.165, 1.54) is 18.0 Å². The van der Waals surface area contributed by atoms with Crippen LogP contribution in [0.2, 0.25) is 0 Å². The van der Waals surface area contributed by atoms with Crippen LogP contribution in [0.25, 0.3) is 0 Å². The lowest BCUT2D eigenvalue weighted by molar-refractivity contribution is 0.0952. The van der Waals surface area contributed by atoms with Crippen molar-refractivity contribution in [3.8, 4) is 0 Å². The minimum absolute atomic E-state index is 0.208. The molecule has 2 rings (SSSR count). The zero-order valence-corrected chi connectivity index (χ0v) is 16.1. The molecule has 1 aromatic heterocycles. The van der Waals surface area contributed by atoms with E-state index in [4.69, 9.17) is 0 Å². The number of benzene rings is 1. The predicted molar refractivity (Wildman–Crippen MR) is 107 cm³/mol. The van der Waals surface area contributed by atoms with E-state index in [0.717, 1.165) is 25.8 Å². The SMILES string of the molecule is CN(C)CCCNC(=O)c1cncc(C(=O)NCCCc2ccccc2)c1. The van der Waals surface area contributed by atoms with Gasteiger partial charge in [-0.05, 0) is 51.5 Å². The molecular formula is C21H28N4O2. The molecule has 0 aliphatic rings. The van der Waals surface area contributed by atoms with Crippen molar-refractivity contribution in [3.63, 3.8) is 0 Å². The Morgan fingerprint density at radius 3 is 2.11 bits per heavy atom. The lowest BCUT2D eigenvalue weighted by Crippen LogP contribution is -2.28. The second-order valence-electron chi connectivity index (χ2n) is 6.72. The highest BCUT2D eigenvalue weighted by Gasteiger charge is 2.11. The van der Waals surface area contributed by atoms with Crippen LogP contribution in [0.15, 0.2) is 48.8 Å². The molecule has 6 heteroatoms. The van der Waals surface area contributed by atoms with Gasteiger partial charge in [-0.2, -0.15) is 0 Å². The van der Waals surface area contributed by atoms with Crippen molar-refractivity contribution < 1.29 is 9.59 Å². The number of rotatable bonds is 10. The summed E-state index contributed by atoms with van der Waals surface area (Å²) in [6.07, 6.45) is 5.60. The highest BCUT2D eigenvalue weighted by atomic mass is 16.2. The molecule has 2 aromatic rings. The Morgan fingerprint density at radius 2 is 1.52 bits per heavy atom. The summed E-state index contributed by atoms with van der Waals surface area (Å²) in [5.74, 6) is -0.419. The standard InChI is InChI=1S/C21H28N4O2/c1-25(2)13-7-12-24-21(27)19-14-18(15-22-16-19)20(26)23-11-6-10-17-8-4-3-5-9-17/h3-5,8-9,14-16H,6-7,10-13H2,1-2H3,(H,23,26)(H,24,27). The van der Waals surface area contributed by atoms with Crippen molar-refractivity contribution >= 4 is 11.8 Å². The summed E-state index contributed by atoms with van der Waals surface area (Å²) in [5.41, 5.74) is 2.05. The van der Waals surface area contributed by atoms with E-state index in [1.807, 2.05) is 32.3 Å². The Kier molecular flexibility index (Phi) is 8.45. The average molecular weight is 368 g/mol. The van der Waals surface area contributed by atoms with Crippen molar-refractivity contribution in [2.45, 2.75) is 19.3 Å². The number of aryl methyl sites for hydroxylation is 1. The largest absolute Gasteiger partial charge is 0.352 e. The maximum atomic E-state index is 12.3. The number of nitrogens with zero attached hydrogens (tertiary/aromatic N) is 2. The zero-order valence-electron chi connectivity index (χ0n) is 16.1. The van der Waals surface area contributed by atoms with E-state index in [2.05, 4.69) is 32.7 Å². The molecule has 0 radical (unpaired) electrons. The van der Waals surface area contributed by atoms with Gasteiger partial charge in [-0.25, -0.2) is 0 Å². The van der Waals surface area contributed by atoms with Crippen LogP contribution < -0.4 is 10.6 Å². The van der Waals surface area contributed by atoms with E-state index in [-0.39, 0.29) is 11.8 Å². The molecule has 0 fully saturated rings. The van der Waals surface area contributed by atoms with Crippen molar-refractivity contribution in [2.75, 3.05) is 33.7 Å². The summed E-state index contributed by atoms with van der Waals surface area (Å²) in [4.78, 5) is 30.6. The van der Waals surface area contributed by atoms with Crippen molar-refractivity contribution in [3.05, 3.63) is 65.5 Å². The molecule has 0 unspecified atom stereocenters. The third-order valence-electron chi connectivity index (χ3n) is 4.10. The second kappa shape index (κ2) is 11.1. The molecule has 0 saturated carbocycles. The van der Waals surface area contributed by atoms with Gasteiger partial charge in [-0.3, -0.25) is 14.6 Å². The van der Waals surface area contributed by atoms with Crippen LogP contribution >= 0.6 is 0 Å². The minimum atomic E-state index is -0.210. The summed E-state index contributed by atoms with van der Waals surface area (Å²) in [5, 5.41) is 5.74. The highest BCUT2D eigenvalue weighted by molar-refractivity contribution is 5.99. The molecule has 0 bridgehead atoms. The lowest BCUT2D eigenvalue weighted by Gasteiger charge is -2.10. The summed E-state index contributed by atoms with van der Waals surface area (Å²) >= 11 is 0. The van der Waals surface area contributed by atoms with Gasteiger partial charge in [0, 0.05) is 25.5 Å². The fourth-order valence-corrected chi connectivity index (χ4v) is 2.63. The Balaban J connectivity index is 1.77. The van der Waals surface area contributed by atoms with Gasteiger partial charge in [-0.1, -0.05) is 30.3 Å². The summed E-state index contributed by atoms with van der Waals surface area (Å²) < 4.78 is 0. The van der Waals surface area contributed by atoms with Crippen molar-refractivity contribution in [1.82, 2.24) is 20.5 Å². The van der Waals surface area contributed by atoms with Gasteiger partial charge >= 0.3 is 0 Å². The summed E-state index contributed by atoms with van der Waals surface area (Å²) in [6.45, 7) is 2.07. The summed E-state index contributed by atoms with van der Waals surface area (Å²) in [7, 11) is 3.99. The quantitative estimate of drug-likeness (QED) is 0.630. The third kappa shape index (κ3) is 7.58. The van der Waals surface area contributed by atoms with E-state index >= 15 is 0 Å². The fraction of sp³-hybridized carbons (Fsp3) is 0.381. The van der Waals surface area contributed by atoms with Crippen LogP contribution in [0, 0.1) is 0 Å². The lowest BCUT2D eigenvalue weighted by atomic mass is 10.1. The number of hydrogen-bond acceptors (Lipinski definition) is 4. The van der Waals surface area contributed by atoms with Gasteiger partial charge in [0.1, 0.15) is 0 Å². The molecule has 1 aromatic carbocycles. The molecule has 144 valence electrons. The number of hydrogen-bond donors (Lipinski definition) is 2. The highest BCUT2D eigenvalue weighted by Crippen LogP contribution is 2.04. The summed E-state index contributed by atoms with van der Waals surface area (Å²) in [6, 6.07) is 11.7. The molecule has 0 saturated heterocycles. The first kappa shape index (κ1) is 20.6. The van der Waals surface area contributed by atoms with E-state index in [1.54, 1.807) is 6.07 Å². The molecule has 1 heterocycles. The van der Waals surface area contributed by atoms with Gasteiger partial charge in [0.2, 0.25) is 0 Å². The van der Waals surface area contributed by atoms with Crippen molar-refractivity contribution in [2.24, 2.45) is 0 Å². The van der Waals surface area contributed by atoms with Crippen LogP contribution in [0.3, 0.4) is 0 Å². The Hall–Kier alpha value is -2.73. The zero-order chi connectivity index (χ0) is 19.5. The van der Waals surface area contributed by atoms with Gasteiger partial charge in [0.25, 0.3) is 11.8 Å². The van der Waals surface area contributed by atoms with Crippen LogP contribution in [-0.2, 0) is 6.42 Å². The maximum absolute atomic E-state index is 12.3. The third-order valence-corrected chi connectivity index (χ3v) is 4.10. The van der Waals surface area contributed by atoms with E-state index in [9.17, 15) is 9.59 Å². The van der Waals surface area contributed by atoms with Gasteiger partial charge in [0.15, 0.2) is 0 Å². The minimum Gasteiger partial charge on any atom is -0.352 e. The average Bonchev–Trinajstić information content (AvgIpc) is 2.69. The fourth-order valence-electron chi connectivity index (χ4n) is 2.63. The molecule has 0 spiro atoms. The monoisotopic (exact) mass is 368 g/mol. The van der Waals surface area contributed by atoms with E-state index in [0.29, 0.717) is 24.2 Å². The first-order valence-corrected chi connectivity index (χ1v) is 9.26. The molecule has 2 N–H and O–H groups in total. The Labute approximate surface area is 161 Å². The van der Waals surface area contributed by atoms with Crippen LogP contribution in [0.5, 0.6) is 0 Å². The molecule has 0 aliphatic carbocycles. The number of pyridine rings is 1. The van der Waals surface area contributed by atoms with Gasteiger partial charge in [0.05, 0.1) is 11.1 Å². The molecular weight excluding hydrogens is 340 g/mol. The number of aromatic nitrogens is 1. The van der Waals surface area contributed by atoms with Crippen LogP contribution in [0.4, 0.5) is 0 Å². The smallest absolute Gasteiger partial charge is 0.252 e. The normalized spacial score (nSPS) is 10.6. The molecule has 0 aliphatic heterocycles. The first-order chi connectivity index (χ1) is 13.1. The molecule has 27 heavy (non-hydrogen) atoms. The number of carbonyl (C=O) groups excluding carboxylic acids is 2. The number of carbonyl (C=O) groups is 2. The molecule has 6 nitrogen and oxygen atoms in total. The van der Waals surface area contributed by atoms with Gasteiger partial charge < -0.3 is 15.5 Å². The molecule has 0 atom stereocenters. The molecule has 2 amide bonds. The number of nitrogens with one attached hydrogen (secondary N) is 2. The first-order valence-electron chi connectivity index (χ1n) is 9.26. The van der Waals surface area contributed by atoms with Crippen LogP contribution in [-0.4, -0.2) is 55.4 Å². The Bertz CT molecular complexity index is 732. The van der Waals surface area contributed by atoms with Gasteiger partial charge in [-0.15, -0.1) is 0 Å².